The number of nitrogens with zero attached hydrogens (tertiary/aromatic N) is 1. The van der Waals surface area contributed by atoms with Crippen molar-refractivity contribution < 1.29 is 15.0 Å². The van der Waals surface area contributed by atoms with E-state index in [0.717, 1.165) is 10.9 Å². The van der Waals surface area contributed by atoms with Crippen LogP contribution in [0.3, 0.4) is 0 Å². The fraction of sp³-hybridized carbons (Fsp3) is 0.167. The number of carboxylic acids is 1. The van der Waals surface area contributed by atoms with Crippen molar-refractivity contribution in [2.24, 2.45) is 0 Å². The lowest BCUT2D eigenvalue weighted by Crippen LogP contribution is -2.00. The number of aliphatic carboxylic acids is 1. The first kappa shape index (κ1) is 10.4. The number of benzene rings is 1. The number of aryl methyl sites for hydroxylation is 1. The first-order valence-electron chi connectivity index (χ1n) is 4.87. The van der Waals surface area contributed by atoms with Gasteiger partial charge in [-0.1, -0.05) is 12.1 Å². The summed E-state index contributed by atoms with van der Waals surface area (Å²) in [6.45, 7) is 1.79. The third kappa shape index (κ3) is 1.82. The first-order chi connectivity index (χ1) is 7.58. The van der Waals surface area contributed by atoms with E-state index in [0.29, 0.717) is 11.1 Å². The molecule has 0 spiro atoms. The van der Waals surface area contributed by atoms with Crippen LogP contribution in [0.5, 0.6) is 5.75 Å². The average Bonchev–Trinajstić information content (AvgIpc) is 2.23. The Balaban J connectivity index is 2.56. The number of phenolic OH excluding ortho intramolecular Hbond substituents is 1. The van der Waals surface area contributed by atoms with Gasteiger partial charge in [0.05, 0.1) is 6.42 Å². The molecule has 0 unspecified atom stereocenters. The molecule has 0 saturated heterocycles. The van der Waals surface area contributed by atoms with Crippen LogP contribution < -0.4 is 0 Å². The van der Waals surface area contributed by atoms with Crippen molar-refractivity contribution in [3.63, 3.8) is 0 Å². The van der Waals surface area contributed by atoms with Crippen LogP contribution in [-0.4, -0.2) is 21.2 Å². The number of phenols is 1. The molecular weight excluding hydrogens is 206 g/mol. The number of hydrogen-bond donors (Lipinski definition) is 2. The molecule has 4 nitrogen and oxygen atoms in total. The topological polar surface area (TPSA) is 70.4 Å². The van der Waals surface area contributed by atoms with Gasteiger partial charge in [0.2, 0.25) is 0 Å². The normalized spacial score (nSPS) is 10.6. The van der Waals surface area contributed by atoms with E-state index >= 15 is 0 Å². The molecule has 1 aromatic carbocycles. The molecular formula is C12H11NO3. The van der Waals surface area contributed by atoms with Crippen LogP contribution in [0, 0.1) is 6.92 Å². The summed E-state index contributed by atoms with van der Waals surface area (Å²) in [6.07, 6.45) is 1.42. The molecule has 0 saturated carbocycles. The van der Waals surface area contributed by atoms with E-state index in [2.05, 4.69) is 4.98 Å². The van der Waals surface area contributed by atoms with Gasteiger partial charge in [0, 0.05) is 11.6 Å². The van der Waals surface area contributed by atoms with E-state index in [4.69, 9.17) is 5.11 Å². The van der Waals surface area contributed by atoms with E-state index in [1.807, 2.05) is 6.07 Å². The van der Waals surface area contributed by atoms with Crippen LogP contribution >= 0.6 is 0 Å². The van der Waals surface area contributed by atoms with Crippen LogP contribution in [0.2, 0.25) is 0 Å². The smallest absolute Gasteiger partial charge is 0.307 e. The molecule has 2 N–H and O–H groups in total. The number of rotatable bonds is 2. The second-order valence-electron chi connectivity index (χ2n) is 3.72. The van der Waals surface area contributed by atoms with Gasteiger partial charge < -0.3 is 10.2 Å². The van der Waals surface area contributed by atoms with Crippen molar-refractivity contribution in [2.75, 3.05) is 0 Å². The highest BCUT2D eigenvalue weighted by atomic mass is 16.4. The molecule has 0 aliphatic carbocycles. The van der Waals surface area contributed by atoms with E-state index in [1.165, 1.54) is 6.20 Å². The molecule has 82 valence electrons. The van der Waals surface area contributed by atoms with Gasteiger partial charge in [-0.3, -0.25) is 9.78 Å². The SMILES string of the molecule is Cc1ccc2cc(CC(=O)O)cnc2c1O. The van der Waals surface area contributed by atoms with Crippen LogP contribution in [0.1, 0.15) is 11.1 Å². The zero-order valence-electron chi connectivity index (χ0n) is 8.77. The van der Waals surface area contributed by atoms with Crippen LogP contribution in [-0.2, 0) is 11.2 Å². The summed E-state index contributed by atoms with van der Waals surface area (Å²) in [4.78, 5) is 14.6. The van der Waals surface area contributed by atoms with Gasteiger partial charge in [-0.25, -0.2) is 0 Å². The van der Waals surface area contributed by atoms with Gasteiger partial charge in [-0.05, 0) is 24.1 Å². The maximum absolute atomic E-state index is 10.5. The maximum Gasteiger partial charge on any atom is 0.307 e. The zero-order valence-corrected chi connectivity index (χ0v) is 8.77. The number of fused-ring (bicyclic) bond motifs is 1. The van der Waals surface area contributed by atoms with E-state index in [9.17, 15) is 9.90 Å². The van der Waals surface area contributed by atoms with Crippen molar-refractivity contribution in [3.05, 3.63) is 35.5 Å². The fourth-order valence-electron chi connectivity index (χ4n) is 1.60. The van der Waals surface area contributed by atoms with Crippen LogP contribution in [0.4, 0.5) is 0 Å². The summed E-state index contributed by atoms with van der Waals surface area (Å²) in [5.41, 5.74) is 1.89. The summed E-state index contributed by atoms with van der Waals surface area (Å²) < 4.78 is 0. The second kappa shape index (κ2) is 3.81. The van der Waals surface area contributed by atoms with Crippen LogP contribution in [0.15, 0.2) is 24.4 Å². The Labute approximate surface area is 92.2 Å². The quantitative estimate of drug-likeness (QED) is 0.805. The third-order valence-corrected chi connectivity index (χ3v) is 2.44. The minimum Gasteiger partial charge on any atom is -0.505 e. The minimum atomic E-state index is -0.891. The Kier molecular flexibility index (Phi) is 2.48. The summed E-state index contributed by atoms with van der Waals surface area (Å²) in [5.74, 6) is -0.739. The van der Waals surface area contributed by atoms with E-state index < -0.39 is 5.97 Å². The Morgan fingerprint density at radius 3 is 2.88 bits per heavy atom. The molecule has 2 rings (SSSR count). The Morgan fingerprint density at radius 1 is 1.44 bits per heavy atom. The lowest BCUT2D eigenvalue weighted by Gasteiger charge is -2.04. The van der Waals surface area contributed by atoms with Crippen molar-refractivity contribution in [3.8, 4) is 5.75 Å². The first-order valence-corrected chi connectivity index (χ1v) is 4.87. The summed E-state index contributed by atoms with van der Waals surface area (Å²) in [7, 11) is 0. The van der Waals surface area contributed by atoms with Gasteiger partial charge in [-0.2, -0.15) is 0 Å². The maximum atomic E-state index is 10.5. The minimum absolute atomic E-state index is 0.0580. The molecule has 4 heteroatoms. The third-order valence-electron chi connectivity index (χ3n) is 2.44. The summed E-state index contributed by atoms with van der Waals surface area (Å²) in [5, 5.41) is 19.2. The van der Waals surface area contributed by atoms with Gasteiger partial charge in [-0.15, -0.1) is 0 Å². The van der Waals surface area contributed by atoms with E-state index in [1.54, 1.807) is 19.1 Å². The second-order valence-corrected chi connectivity index (χ2v) is 3.72. The molecule has 0 atom stereocenters. The van der Waals surface area contributed by atoms with Gasteiger partial charge in [0.1, 0.15) is 11.3 Å². The number of carboxylic acid groups (broad SMARTS) is 1. The lowest BCUT2D eigenvalue weighted by molar-refractivity contribution is -0.136. The molecule has 2 aromatic rings. The predicted octanol–water partition coefficient (Wildman–Crippen LogP) is 1.88. The molecule has 0 amide bonds. The highest BCUT2D eigenvalue weighted by molar-refractivity contribution is 5.86. The standard InChI is InChI=1S/C12H11NO3/c1-7-2-3-9-4-8(5-10(14)15)6-13-11(9)12(7)16/h2-4,6,16H,5H2,1H3,(H,14,15). The highest BCUT2D eigenvalue weighted by Gasteiger charge is 2.07. The predicted molar refractivity (Wildman–Crippen MR) is 59.5 cm³/mol. The number of pyridine rings is 1. The zero-order chi connectivity index (χ0) is 11.7. The molecule has 1 heterocycles. The monoisotopic (exact) mass is 217 g/mol. The number of hydrogen-bond acceptors (Lipinski definition) is 3. The molecule has 1 aromatic heterocycles. The van der Waals surface area contributed by atoms with Crippen molar-refractivity contribution in [1.29, 1.82) is 0 Å². The molecule has 16 heavy (non-hydrogen) atoms. The van der Waals surface area contributed by atoms with E-state index in [-0.39, 0.29) is 12.2 Å². The van der Waals surface area contributed by atoms with Gasteiger partial charge >= 0.3 is 5.97 Å². The molecule has 0 aliphatic rings. The molecule has 0 bridgehead atoms. The van der Waals surface area contributed by atoms with Gasteiger partial charge in [0.15, 0.2) is 0 Å². The highest BCUT2D eigenvalue weighted by Crippen LogP contribution is 2.26. The molecule has 0 radical (unpaired) electrons. The van der Waals surface area contributed by atoms with Gasteiger partial charge in [0.25, 0.3) is 0 Å². The molecule has 0 fully saturated rings. The summed E-state index contributed by atoms with van der Waals surface area (Å²) >= 11 is 0. The fourth-order valence-corrected chi connectivity index (χ4v) is 1.60. The van der Waals surface area contributed by atoms with Crippen molar-refractivity contribution >= 4 is 16.9 Å². The average molecular weight is 217 g/mol. The largest absolute Gasteiger partial charge is 0.505 e. The van der Waals surface area contributed by atoms with Crippen molar-refractivity contribution in [1.82, 2.24) is 4.98 Å². The number of carbonyl (C=O) groups is 1. The number of aromatic hydroxyl groups is 1. The Morgan fingerprint density at radius 2 is 2.19 bits per heavy atom. The Bertz CT molecular complexity index is 563. The van der Waals surface area contributed by atoms with Crippen molar-refractivity contribution in [2.45, 2.75) is 13.3 Å². The summed E-state index contributed by atoms with van der Waals surface area (Å²) in [6, 6.07) is 5.34. The van der Waals surface area contributed by atoms with Crippen LogP contribution in [0.25, 0.3) is 10.9 Å². The lowest BCUT2D eigenvalue weighted by atomic mass is 10.1. The molecule has 0 aliphatic heterocycles. The Hall–Kier alpha value is -2.10. The number of aromatic nitrogens is 1.